The van der Waals surface area contributed by atoms with Gasteiger partial charge in [-0.3, -0.25) is 9.80 Å². The highest BCUT2D eigenvalue weighted by Crippen LogP contribution is 2.35. The summed E-state index contributed by atoms with van der Waals surface area (Å²) in [5, 5.41) is 0. The third-order valence-corrected chi connectivity index (χ3v) is 3.42. The highest BCUT2D eigenvalue weighted by molar-refractivity contribution is 5.09. The maximum absolute atomic E-state index is 2.61. The summed E-state index contributed by atoms with van der Waals surface area (Å²) in [5.74, 6) is 0. The van der Waals surface area contributed by atoms with Crippen molar-refractivity contribution in [2.75, 3.05) is 13.1 Å². The lowest BCUT2D eigenvalue weighted by Crippen LogP contribution is -2.80. The quantitative estimate of drug-likeness (QED) is 0.611. The molecule has 0 aromatic carbocycles. The van der Waals surface area contributed by atoms with Crippen LogP contribution in [0.4, 0.5) is 0 Å². The summed E-state index contributed by atoms with van der Waals surface area (Å²) in [6, 6.07) is 3.29. The summed E-state index contributed by atoms with van der Waals surface area (Å²) in [6.07, 6.45) is 0. The van der Waals surface area contributed by atoms with E-state index in [1.807, 2.05) is 0 Å². The monoisotopic (exact) mass is 168 g/mol. The van der Waals surface area contributed by atoms with Crippen molar-refractivity contribution < 1.29 is 0 Å². The number of hydrogen-bond acceptors (Lipinski definition) is 2. The van der Waals surface area contributed by atoms with E-state index in [1.54, 1.807) is 0 Å². The third kappa shape index (κ3) is 1.01. The van der Waals surface area contributed by atoms with Gasteiger partial charge in [0.15, 0.2) is 0 Å². The average molecular weight is 168 g/mol. The van der Waals surface area contributed by atoms with Crippen molar-refractivity contribution in [2.45, 2.75) is 51.9 Å². The van der Waals surface area contributed by atoms with Crippen molar-refractivity contribution in [3.8, 4) is 0 Å². The first-order chi connectivity index (χ1) is 5.61. The Hall–Kier alpha value is -0.0800. The van der Waals surface area contributed by atoms with Gasteiger partial charge < -0.3 is 0 Å². The summed E-state index contributed by atoms with van der Waals surface area (Å²) < 4.78 is 0. The molecule has 1 unspecified atom stereocenters. The van der Waals surface area contributed by atoms with E-state index in [0.717, 1.165) is 24.2 Å². The molecular formula is C10H20N2. The molecule has 0 radical (unpaired) electrons. The second kappa shape index (κ2) is 2.71. The topological polar surface area (TPSA) is 6.48 Å². The Kier molecular flexibility index (Phi) is 1.92. The van der Waals surface area contributed by atoms with E-state index < -0.39 is 0 Å². The summed E-state index contributed by atoms with van der Waals surface area (Å²) >= 11 is 0. The molecule has 0 spiro atoms. The van der Waals surface area contributed by atoms with Gasteiger partial charge in [-0.05, 0) is 27.7 Å². The fourth-order valence-electron chi connectivity index (χ4n) is 2.51. The Morgan fingerprint density at radius 3 is 1.33 bits per heavy atom. The summed E-state index contributed by atoms with van der Waals surface area (Å²) in [4.78, 5) is 5.23. The normalized spacial score (nSPS) is 36.5. The first-order valence-electron chi connectivity index (χ1n) is 5.12. The fourth-order valence-corrected chi connectivity index (χ4v) is 2.51. The van der Waals surface area contributed by atoms with E-state index in [2.05, 4.69) is 37.5 Å². The molecule has 0 N–H and O–H groups in total. The zero-order chi connectivity index (χ0) is 8.88. The molecule has 2 rings (SSSR count). The summed E-state index contributed by atoms with van der Waals surface area (Å²) in [6.45, 7) is 11.8. The van der Waals surface area contributed by atoms with Gasteiger partial charge >= 0.3 is 0 Å². The summed E-state index contributed by atoms with van der Waals surface area (Å²) in [5.41, 5.74) is 0. The predicted molar refractivity (Wildman–Crippen MR) is 51.3 cm³/mol. The molecule has 0 aromatic heterocycles. The molecule has 2 fully saturated rings. The third-order valence-electron chi connectivity index (χ3n) is 3.42. The van der Waals surface area contributed by atoms with Crippen LogP contribution in [0.3, 0.4) is 0 Å². The Morgan fingerprint density at radius 2 is 1.17 bits per heavy atom. The molecular weight excluding hydrogens is 148 g/mol. The van der Waals surface area contributed by atoms with E-state index in [-0.39, 0.29) is 0 Å². The van der Waals surface area contributed by atoms with Crippen molar-refractivity contribution in [1.29, 1.82) is 0 Å². The van der Waals surface area contributed by atoms with Crippen LogP contribution in [0.2, 0.25) is 0 Å². The molecule has 12 heavy (non-hydrogen) atoms. The van der Waals surface area contributed by atoms with Gasteiger partial charge in [0.2, 0.25) is 0 Å². The van der Waals surface area contributed by atoms with Gasteiger partial charge in [-0.15, -0.1) is 0 Å². The molecule has 70 valence electrons. The highest BCUT2D eigenvalue weighted by atomic mass is 15.4. The van der Waals surface area contributed by atoms with Crippen LogP contribution in [-0.2, 0) is 0 Å². The van der Waals surface area contributed by atoms with Gasteiger partial charge in [0, 0.05) is 37.3 Å². The van der Waals surface area contributed by atoms with E-state index in [9.17, 15) is 0 Å². The molecule has 2 heterocycles. The number of fused-ring (bicyclic) bond motifs is 1. The molecule has 0 saturated carbocycles. The maximum Gasteiger partial charge on any atom is 0.0394 e. The highest BCUT2D eigenvalue weighted by Gasteiger charge is 2.52. The van der Waals surface area contributed by atoms with Crippen LogP contribution in [0.1, 0.15) is 27.7 Å². The lowest BCUT2D eigenvalue weighted by Gasteiger charge is -2.64. The van der Waals surface area contributed by atoms with Crippen molar-refractivity contribution in [1.82, 2.24) is 9.80 Å². The lowest BCUT2D eigenvalue weighted by atomic mass is 9.83. The van der Waals surface area contributed by atoms with Crippen LogP contribution in [0.25, 0.3) is 0 Å². The zero-order valence-corrected chi connectivity index (χ0v) is 8.62. The van der Waals surface area contributed by atoms with Gasteiger partial charge in [0.1, 0.15) is 0 Å². The van der Waals surface area contributed by atoms with Crippen LogP contribution in [0.5, 0.6) is 0 Å². The van der Waals surface area contributed by atoms with Crippen LogP contribution in [0.15, 0.2) is 0 Å². The SMILES string of the molecule is CC(C)N1C[C@@H]2C1CN2C(C)C. The molecule has 0 aromatic rings. The minimum absolute atomic E-state index is 0.751. The van der Waals surface area contributed by atoms with Crippen molar-refractivity contribution >= 4 is 0 Å². The molecule has 2 nitrogen and oxygen atoms in total. The van der Waals surface area contributed by atoms with E-state index in [4.69, 9.17) is 0 Å². The van der Waals surface area contributed by atoms with Gasteiger partial charge in [0.25, 0.3) is 0 Å². The second-order valence-electron chi connectivity index (χ2n) is 4.72. The summed E-state index contributed by atoms with van der Waals surface area (Å²) in [7, 11) is 0. The Morgan fingerprint density at radius 1 is 0.833 bits per heavy atom. The standard InChI is InChI=1S/C10H20N2/c1-7(2)11-5-10-9(11)6-12(10)8(3)4/h7-10H,5-6H2,1-4H3/t9-,10?/m1/s1. The molecule has 2 heteroatoms. The minimum Gasteiger partial charge on any atom is -0.293 e. The Bertz CT molecular complexity index is 157. The van der Waals surface area contributed by atoms with Crippen LogP contribution in [-0.4, -0.2) is 47.1 Å². The minimum atomic E-state index is 0.751. The molecule has 2 atom stereocenters. The van der Waals surface area contributed by atoms with E-state index in [0.29, 0.717) is 0 Å². The number of rotatable bonds is 2. The number of hydrogen-bond donors (Lipinski definition) is 0. The first-order valence-corrected chi connectivity index (χ1v) is 5.12. The molecule has 2 aliphatic heterocycles. The van der Waals surface area contributed by atoms with Crippen LogP contribution < -0.4 is 0 Å². The molecule has 0 aliphatic carbocycles. The van der Waals surface area contributed by atoms with Gasteiger partial charge in [0.05, 0.1) is 0 Å². The zero-order valence-electron chi connectivity index (χ0n) is 8.62. The van der Waals surface area contributed by atoms with Gasteiger partial charge in [-0.25, -0.2) is 0 Å². The van der Waals surface area contributed by atoms with Crippen molar-refractivity contribution in [3.05, 3.63) is 0 Å². The van der Waals surface area contributed by atoms with Crippen LogP contribution in [0, 0.1) is 0 Å². The van der Waals surface area contributed by atoms with E-state index in [1.165, 1.54) is 13.1 Å². The molecule has 0 bridgehead atoms. The molecule has 0 amide bonds. The molecule has 2 aliphatic rings. The number of likely N-dealkylation sites (tertiary alicyclic amines) is 2. The lowest BCUT2D eigenvalue weighted by molar-refractivity contribution is -0.149. The van der Waals surface area contributed by atoms with Gasteiger partial charge in [-0.1, -0.05) is 0 Å². The second-order valence-corrected chi connectivity index (χ2v) is 4.72. The number of piperazine rings is 1. The first kappa shape index (κ1) is 8.52. The van der Waals surface area contributed by atoms with Crippen molar-refractivity contribution in [3.63, 3.8) is 0 Å². The van der Waals surface area contributed by atoms with E-state index >= 15 is 0 Å². The number of nitrogens with zero attached hydrogens (tertiary/aromatic N) is 2. The molecule has 2 saturated heterocycles. The fraction of sp³-hybridized carbons (Fsp3) is 1.00. The maximum atomic E-state index is 2.61. The van der Waals surface area contributed by atoms with Crippen LogP contribution >= 0.6 is 0 Å². The Labute approximate surface area is 75.5 Å². The van der Waals surface area contributed by atoms with Crippen molar-refractivity contribution in [2.24, 2.45) is 0 Å². The smallest absolute Gasteiger partial charge is 0.0394 e. The van der Waals surface area contributed by atoms with Gasteiger partial charge in [-0.2, -0.15) is 0 Å². The predicted octanol–water partition coefficient (Wildman–Crippen LogP) is 1.17. The Balaban J connectivity index is 1.85. The largest absolute Gasteiger partial charge is 0.293 e. The average Bonchev–Trinajstić information content (AvgIpc) is 1.92.